The minimum absolute atomic E-state index is 0.0802. The van der Waals surface area contributed by atoms with Gasteiger partial charge >= 0.3 is 0 Å². The van der Waals surface area contributed by atoms with E-state index in [1.165, 1.54) is 0 Å². The van der Waals surface area contributed by atoms with Gasteiger partial charge in [-0.2, -0.15) is 0 Å². The Kier molecular flexibility index (Phi) is 4.13. The summed E-state index contributed by atoms with van der Waals surface area (Å²) >= 11 is 0. The molecule has 2 aliphatic rings. The van der Waals surface area contributed by atoms with Crippen LogP contribution < -0.4 is 10.2 Å². The fourth-order valence-corrected chi connectivity index (χ4v) is 2.45. The molecule has 0 saturated carbocycles. The largest absolute Gasteiger partial charge is 0.378 e. The van der Waals surface area contributed by atoms with E-state index in [0.717, 1.165) is 45.0 Å². The lowest BCUT2D eigenvalue weighted by atomic mass is 10.2. The van der Waals surface area contributed by atoms with E-state index in [2.05, 4.69) is 15.2 Å². The molecule has 2 aliphatic heterocycles. The van der Waals surface area contributed by atoms with Crippen molar-refractivity contribution in [3.05, 3.63) is 18.3 Å². The first-order chi connectivity index (χ1) is 9.83. The van der Waals surface area contributed by atoms with Crippen LogP contribution in [0.15, 0.2) is 18.3 Å². The van der Waals surface area contributed by atoms with Gasteiger partial charge in [-0.3, -0.25) is 4.79 Å². The van der Waals surface area contributed by atoms with Crippen LogP contribution in [0.1, 0.15) is 12.8 Å². The van der Waals surface area contributed by atoms with Crippen molar-refractivity contribution in [2.75, 3.05) is 43.1 Å². The number of hydrogen-bond donors (Lipinski definition) is 1. The van der Waals surface area contributed by atoms with Crippen molar-refractivity contribution in [1.82, 2.24) is 4.98 Å². The Balaban J connectivity index is 1.59. The average Bonchev–Trinajstić information content (AvgIpc) is 3.03. The number of rotatable bonds is 3. The van der Waals surface area contributed by atoms with Crippen molar-refractivity contribution in [1.29, 1.82) is 0 Å². The zero-order chi connectivity index (χ0) is 13.8. The van der Waals surface area contributed by atoms with Gasteiger partial charge < -0.3 is 19.7 Å². The van der Waals surface area contributed by atoms with Crippen LogP contribution >= 0.6 is 0 Å². The normalized spacial score (nSPS) is 22.8. The highest BCUT2D eigenvalue weighted by molar-refractivity contribution is 5.94. The molecule has 0 spiro atoms. The number of ether oxygens (including phenoxy) is 2. The zero-order valence-electron chi connectivity index (χ0n) is 11.4. The molecule has 20 heavy (non-hydrogen) atoms. The number of aromatic nitrogens is 1. The Morgan fingerprint density at radius 2 is 2.15 bits per heavy atom. The summed E-state index contributed by atoms with van der Waals surface area (Å²) in [4.78, 5) is 18.5. The summed E-state index contributed by atoms with van der Waals surface area (Å²) in [7, 11) is 0. The molecule has 3 heterocycles. The minimum Gasteiger partial charge on any atom is -0.378 e. The standard InChI is InChI=1S/C14H19N3O3/c18-14(12-2-1-7-20-12)16-11-3-4-13(15-10-11)17-5-8-19-9-6-17/h3-4,10,12H,1-2,5-9H2,(H,16,18). The van der Waals surface area contributed by atoms with Gasteiger partial charge in [-0.15, -0.1) is 0 Å². The summed E-state index contributed by atoms with van der Waals surface area (Å²) in [5.74, 6) is 0.840. The Hall–Kier alpha value is -1.66. The molecule has 0 bridgehead atoms. The van der Waals surface area contributed by atoms with Gasteiger partial charge in [-0.05, 0) is 25.0 Å². The van der Waals surface area contributed by atoms with Gasteiger partial charge in [-0.1, -0.05) is 0 Å². The van der Waals surface area contributed by atoms with Crippen LogP contribution in [0.5, 0.6) is 0 Å². The van der Waals surface area contributed by atoms with E-state index in [0.29, 0.717) is 12.3 Å². The second-order valence-corrected chi connectivity index (χ2v) is 5.00. The lowest BCUT2D eigenvalue weighted by Gasteiger charge is -2.27. The minimum atomic E-state index is -0.311. The quantitative estimate of drug-likeness (QED) is 0.894. The summed E-state index contributed by atoms with van der Waals surface area (Å²) < 4.78 is 10.7. The molecule has 1 aromatic rings. The Morgan fingerprint density at radius 1 is 1.30 bits per heavy atom. The summed E-state index contributed by atoms with van der Waals surface area (Å²) in [6, 6.07) is 3.81. The first kappa shape index (κ1) is 13.3. The van der Waals surface area contributed by atoms with Crippen LogP contribution in [0.4, 0.5) is 11.5 Å². The van der Waals surface area contributed by atoms with Gasteiger partial charge in [0.05, 0.1) is 25.1 Å². The molecule has 6 heteroatoms. The van der Waals surface area contributed by atoms with Crippen molar-refractivity contribution >= 4 is 17.4 Å². The van der Waals surface area contributed by atoms with Gasteiger partial charge in [0.25, 0.3) is 5.91 Å². The van der Waals surface area contributed by atoms with E-state index in [1.54, 1.807) is 6.20 Å². The Morgan fingerprint density at radius 3 is 2.80 bits per heavy atom. The molecule has 1 N–H and O–H groups in total. The van der Waals surface area contributed by atoms with Crippen molar-refractivity contribution in [3.8, 4) is 0 Å². The number of morpholine rings is 1. The van der Waals surface area contributed by atoms with Crippen LogP contribution in [0.25, 0.3) is 0 Å². The van der Waals surface area contributed by atoms with Crippen LogP contribution in [-0.2, 0) is 14.3 Å². The summed E-state index contributed by atoms with van der Waals surface area (Å²) in [5.41, 5.74) is 0.711. The third-order valence-electron chi connectivity index (χ3n) is 3.57. The van der Waals surface area contributed by atoms with Crippen LogP contribution in [-0.4, -0.2) is 49.9 Å². The van der Waals surface area contributed by atoms with E-state index >= 15 is 0 Å². The summed E-state index contributed by atoms with van der Waals surface area (Å²) in [6.07, 6.45) is 3.13. The number of carbonyl (C=O) groups is 1. The highest BCUT2D eigenvalue weighted by Gasteiger charge is 2.23. The molecule has 0 aliphatic carbocycles. The number of nitrogens with one attached hydrogen (secondary N) is 1. The van der Waals surface area contributed by atoms with Gasteiger partial charge in [0.15, 0.2) is 0 Å². The molecule has 2 saturated heterocycles. The second kappa shape index (κ2) is 6.19. The van der Waals surface area contributed by atoms with Crippen molar-refractivity contribution in [3.63, 3.8) is 0 Å². The molecule has 2 fully saturated rings. The maximum atomic E-state index is 11.9. The van der Waals surface area contributed by atoms with E-state index in [9.17, 15) is 4.79 Å². The fraction of sp³-hybridized carbons (Fsp3) is 0.571. The maximum Gasteiger partial charge on any atom is 0.253 e. The van der Waals surface area contributed by atoms with E-state index < -0.39 is 0 Å². The first-order valence-corrected chi connectivity index (χ1v) is 7.04. The summed E-state index contributed by atoms with van der Waals surface area (Å²) in [6.45, 7) is 3.86. The molecule has 108 valence electrons. The molecular formula is C14H19N3O3. The van der Waals surface area contributed by atoms with Crippen LogP contribution in [0.2, 0.25) is 0 Å². The Bertz CT molecular complexity index is 451. The zero-order valence-corrected chi connectivity index (χ0v) is 11.4. The molecule has 3 rings (SSSR count). The molecule has 1 amide bonds. The van der Waals surface area contributed by atoms with Crippen molar-refractivity contribution in [2.45, 2.75) is 18.9 Å². The topological polar surface area (TPSA) is 63.7 Å². The number of pyridine rings is 1. The molecule has 6 nitrogen and oxygen atoms in total. The van der Waals surface area contributed by atoms with Crippen LogP contribution in [0.3, 0.4) is 0 Å². The molecule has 1 unspecified atom stereocenters. The number of hydrogen-bond acceptors (Lipinski definition) is 5. The second-order valence-electron chi connectivity index (χ2n) is 5.00. The molecular weight excluding hydrogens is 258 g/mol. The first-order valence-electron chi connectivity index (χ1n) is 7.04. The summed E-state index contributed by atoms with van der Waals surface area (Å²) in [5, 5.41) is 2.84. The highest BCUT2D eigenvalue weighted by atomic mass is 16.5. The lowest BCUT2D eigenvalue weighted by molar-refractivity contribution is -0.124. The van der Waals surface area contributed by atoms with Crippen LogP contribution in [0, 0.1) is 0 Å². The average molecular weight is 277 g/mol. The third-order valence-corrected chi connectivity index (χ3v) is 3.57. The van der Waals surface area contributed by atoms with E-state index in [4.69, 9.17) is 9.47 Å². The van der Waals surface area contributed by atoms with Gasteiger partial charge in [0, 0.05) is 19.7 Å². The number of amides is 1. The lowest BCUT2D eigenvalue weighted by Crippen LogP contribution is -2.36. The smallest absolute Gasteiger partial charge is 0.253 e. The number of anilines is 2. The third kappa shape index (κ3) is 3.08. The molecule has 0 radical (unpaired) electrons. The molecule has 0 aromatic carbocycles. The van der Waals surface area contributed by atoms with Gasteiger partial charge in [0.2, 0.25) is 0 Å². The van der Waals surface area contributed by atoms with Gasteiger partial charge in [0.1, 0.15) is 11.9 Å². The van der Waals surface area contributed by atoms with Crippen molar-refractivity contribution < 1.29 is 14.3 Å². The highest BCUT2D eigenvalue weighted by Crippen LogP contribution is 2.17. The predicted octanol–water partition coefficient (Wildman–Crippen LogP) is 1.04. The van der Waals surface area contributed by atoms with E-state index in [1.807, 2.05) is 12.1 Å². The molecule has 1 atom stereocenters. The monoisotopic (exact) mass is 277 g/mol. The SMILES string of the molecule is O=C(Nc1ccc(N2CCOCC2)nc1)C1CCCO1. The number of nitrogens with zero attached hydrogens (tertiary/aromatic N) is 2. The number of carbonyl (C=O) groups excluding carboxylic acids is 1. The molecule has 1 aromatic heterocycles. The fourth-order valence-electron chi connectivity index (χ4n) is 2.45. The van der Waals surface area contributed by atoms with Gasteiger partial charge in [-0.25, -0.2) is 4.98 Å². The predicted molar refractivity (Wildman–Crippen MR) is 74.9 cm³/mol. The van der Waals surface area contributed by atoms with Crippen molar-refractivity contribution in [2.24, 2.45) is 0 Å². The maximum absolute atomic E-state index is 11.9. The van der Waals surface area contributed by atoms with E-state index in [-0.39, 0.29) is 12.0 Å². The Labute approximate surface area is 118 Å².